The summed E-state index contributed by atoms with van der Waals surface area (Å²) in [5.41, 5.74) is 1.76. The maximum atomic E-state index is 12.6. The molecule has 3 aromatic rings. The molecule has 27 heavy (non-hydrogen) atoms. The van der Waals surface area contributed by atoms with E-state index in [0.29, 0.717) is 35.0 Å². The van der Waals surface area contributed by atoms with E-state index in [0.717, 1.165) is 12.8 Å². The second-order valence-electron chi connectivity index (χ2n) is 6.22. The van der Waals surface area contributed by atoms with Gasteiger partial charge in [0.25, 0.3) is 0 Å². The van der Waals surface area contributed by atoms with Crippen LogP contribution in [0.4, 0.5) is 0 Å². The minimum atomic E-state index is -0.0912. The Hall–Kier alpha value is -3.00. The number of hydrogen-bond donors (Lipinski definition) is 1. The number of nitrogens with zero attached hydrogens (tertiary/aromatic N) is 4. The normalized spacial score (nSPS) is 10.9. The number of Topliss-reactive ketones (excluding diaryl/α,β-unsaturated/α-hetero) is 1. The number of carbonyl (C=O) groups is 1. The zero-order valence-electron chi connectivity index (χ0n) is 15.2. The van der Waals surface area contributed by atoms with Gasteiger partial charge in [0.15, 0.2) is 5.78 Å². The van der Waals surface area contributed by atoms with Crippen LogP contribution in [0.1, 0.15) is 40.3 Å². The number of unbranched alkanes of at least 4 members (excludes halogenated alkanes) is 1. The quantitative estimate of drug-likeness (QED) is 0.431. The number of aliphatic hydroxyl groups is 1. The molecule has 0 bridgehead atoms. The van der Waals surface area contributed by atoms with E-state index in [4.69, 9.17) is 14.4 Å². The van der Waals surface area contributed by atoms with Gasteiger partial charge in [0.1, 0.15) is 23.8 Å². The van der Waals surface area contributed by atoms with Crippen LogP contribution in [-0.4, -0.2) is 37.6 Å². The van der Waals surface area contributed by atoms with Gasteiger partial charge in [0, 0.05) is 19.2 Å². The fraction of sp³-hybridized carbons (Fsp3) is 0.368. The summed E-state index contributed by atoms with van der Waals surface area (Å²) in [5, 5.41) is 20.8. The second-order valence-corrected chi connectivity index (χ2v) is 6.22. The average Bonchev–Trinajstić information content (AvgIpc) is 3.29. The molecule has 0 fully saturated rings. The van der Waals surface area contributed by atoms with Crippen LogP contribution < -0.4 is 4.74 Å². The zero-order chi connectivity index (χ0) is 19.1. The van der Waals surface area contributed by atoms with Gasteiger partial charge in [0.05, 0.1) is 23.9 Å². The van der Waals surface area contributed by atoms with E-state index in [2.05, 4.69) is 15.5 Å². The standard InChI is InChI=1S/C19H22N4O4/c1-14-10-15(21-27-14)11-18(25)17-6-2-3-7-19(17)26-13-16-12-23(22-20-16)8-4-5-9-24/h2-3,6-7,10,12,24H,4-5,8-9,11,13H2,1H3. The summed E-state index contributed by atoms with van der Waals surface area (Å²) >= 11 is 0. The molecular weight excluding hydrogens is 348 g/mol. The first kappa shape index (κ1) is 18.8. The molecule has 142 valence electrons. The molecule has 0 aliphatic rings. The minimum Gasteiger partial charge on any atom is -0.486 e. The summed E-state index contributed by atoms with van der Waals surface area (Å²) in [5.74, 6) is 1.08. The van der Waals surface area contributed by atoms with E-state index >= 15 is 0 Å². The number of ether oxygens (including phenoxy) is 1. The van der Waals surface area contributed by atoms with E-state index in [1.165, 1.54) is 0 Å². The van der Waals surface area contributed by atoms with Crippen molar-refractivity contribution < 1.29 is 19.2 Å². The monoisotopic (exact) mass is 370 g/mol. The molecule has 0 radical (unpaired) electrons. The van der Waals surface area contributed by atoms with Crippen molar-refractivity contribution in [1.29, 1.82) is 0 Å². The molecule has 2 aromatic heterocycles. The summed E-state index contributed by atoms with van der Waals surface area (Å²) in [6, 6.07) is 8.85. The highest BCUT2D eigenvalue weighted by atomic mass is 16.5. The van der Waals surface area contributed by atoms with Gasteiger partial charge in [-0.1, -0.05) is 22.5 Å². The van der Waals surface area contributed by atoms with E-state index in [9.17, 15) is 4.79 Å². The first-order chi connectivity index (χ1) is 13.2. The van der Waals surface area contributed by atoms with Crippen LogP contribution in [0.3, 0.4) is 0 Å². The predicted octanol–water partition coefficient (Wildman–Crippen LogP) is 2.35. The molecule has 8 nitrogen and oxygen atoms in total. The van der Waals surface area contributed by atoms with E-state index in [1.54, 1.807) is 42.1 Å². The fourth-order valence-corrected chi connectivity index (χ4v) is 2.64. The van der Waals surface area contributed by atoms with E-state index in [1.807, 2.05) is 6.07 Å². The number of benzene rings is 1. The Kier molecular flexibility index (Phi) is 6.32. The molecule has 0 spiro atoms. The Morgan fingerprint density at radius 2 is 2.11 bits per heavy atom. The molecule has 2 heterocycles. The van der Waals surface area contributed by atoms with Gasteiger partial charge in [-0.05, 0) is 31.9 Å². The number of hydrogen-bond acceptors (Lipinski definition) is 7. The van der Waals surface area contributed by atoms with Crippen LogP contribution in [0.25, 0.3) is 0 Å². The fourth-order valence-electron chi connectivity index (χ4n) is 2.64. The SMILES string of the molecule is Cc1cc(CC(=O)c2ccccc2OCc2cn(CCCCO)nn2)no1. The number of aromatic nitrogens is 4. The maximum absolute atomic E-state index is 12.6. The van der Waals surface area contributed by atoms with Gasteiger partial charge in [-0.3, -0.25) is 9.48 Å². The van der Waals surface area contributed by atoms with Crippen molar-refractivity contribution in [2.75, 3.05) is 6.61 Å². The lowest BCUT2D eigenvalue weighted by Crippen LogP contribution is -2.07. The molecule has 1 N–H and O–H groups in total. The first-order valence-corrected chi connectivity index (χ1v) is 8.83. The van der Waals surface area contributed by atoms with Gasteiger partial charge in [-0.15, -0.1) is 5.10 Å². The largest absolute Gasteiger partial charge is 0.486 e. The highest BCUT2D eigenvalue weighted by Gasteiger charge is 2.15. The summed E-state index contributed by atoms with van der Waals surface area (Å²) in [7, 11) is 0. The Bertz CT molecular complexity index is 887. The molecular formula is C19H22N4O4. The third-order valence-electron chi connectivity index (χ3n) is 3.96. The highest BCUT2D eigenvalue weighted by molar-refractivity contribution is 5.99. The van der Waals surface area contributed by atoms with Crippen LogP contribution in [0.15, 0.2) is 41.1 Å². The van der Waals surface area contributed by atoms with Crippen molar-refractivity contribution in [3.8, 4) is 5.75 Å². The van der Waals surface area contributed by atoms with E-state index in [-0.39, 0.29) is 25.4 Å². The molecule has 3 rings (SSSR count). The summed E-state index contributed by atoms with van der Waals surface area (Å²) in [6.45, 7) is 2.87. The Balaban J connectivity index is 1.61. The lowest BCUT2D eigenvalue weighted by Gasteiger charge is -2.09. The number of aliphatic hydroxyl groups excluding tert-OH is 1. The summed E-state index contributed by atoms with van der Waals surface area (Å²) in [4.78, 5) is 12.6. The highest BCUT2D eigenvalue weighted by Crippen LogP contribution is 2.21. The van der Waals surface area contributed by atoms with Crippen LogP contribution in [0, 0.1) is 6.92 Å². The second kappa shape index (κ2) is 9.09. The first-order valence-electron chi connectivity index (χ1n) is 8.83. The van der Waals surface area contributed by atoms with Gasteiger partial charge in [-0.2, -0.15) is 0 Å². The predicted molar refractivity (Wildman–Crippen MR) is 96.4 cm³/mol. The molecule has 0 amide bonds. The molecule has 1 aromatic carbocycles. The third kappa shape index (κ3) is 5.24. The molecule has 0 saturated carbocycles. The molecule has 0 atom stereocenters. The van der Waals surface area contributed by atoms with Gasteiger partial charge in [0.2, 0.25) is 0 Å². The van der Waals surface area contributed by atoms with Gasteiger partial charge < -0.3 is 14.4 Å². The number of carbonyl (C=O) groups excluding carboxylic acids is 1. The molecule has 8 heteroatoms. The average molecular weight is 370 g/mol. The number of ketones is 1. The lowest BCUT2D eigenvalue weighted by atomic mass is 10.1. The zero-order valence-corrected chi connectivity index (χ0v) is 15.2. The molecule has 0 unspecified atom stereocenters. The van der Waals surface area contributed by atoms with Crippen LogP contribution >= 0.6 is 0 Å². The van der Waals surface area contributed by atoms with Crippen molar-refractivity contribution in [2.24, 2.45) is 0 Å². The summed E-state index contributed by atoms with van der Waals surface area (Å²) in [6.07, 6.45) is 3.52. The Morgan fingerprint density at radius 3 is 2.89 bits per heavy atom. The third-order valence-corrected chi connectivity index (χ3v) is 3.96. The molecule has 0 aliphatic carbocycles. The minimum absolute atomic E-state index is 0.0912. The molecule has 0 aliphatic heterocycles. The van der Waals surface area contributed by atoms with Crippen molar-refractivity contribution in [3.05, 3.63) is 59.2 Å². The van der Waals surface area contributed by atoms with Crippen molar-refractivity contribution in [2.45, 2.75) is 39.3 Å². The van der Waals surface area contributed by atoms with Crippen LogP contribution in [0.2, 0.25) is 0 Å². The van der Waals surface area contributed by atoms with Crippen LogP contribution in [-0.2, 0) is 19.6 Å². The number of para-hydroxylation sites is 1. The Morgan fingerprint density at radius 1 is 1.26 bits per heavy atom. The van der Waals surface area contributed by atoms with Crippen LogP contribution in [0.5, 0.6) is 5.75 Å². The van der Waals surface area contributed by atoms with Gasteiger partial charge >= 0.3 is 0 Å². The van der Waals surface area contributed by atoms with Crippen molar-refractivity contribution in [1.82, 2.24) is 20.2 Å². The van der Waals surface area contributed by atoms with Crippen molar-refractivity contribution >= 4 is 5.78 Å². The summed E-state index contributed by atoms with van der Waals surface area (Å²) < 4.78 is 12.5. The number of aryl methyl sites for hydroxylation is 2. The Labute approximate surface area is 156 Å². The number of rotatable bonds is 10. The smallest absolute Gasteiger partial charge is 0.172 e. The van der Waals surface area contributed by atoms with Crippen molar-refractivity contribution in [3.63, 3.8) is 0 Å². The maximum Gasteiger partial charge on any atom is 0.172 e. The van der Waals surface area contributed by atoms with Gasteiger partial charge in [-0.25, -0.2) is 0 Å². The lowest BCUT2D eigenvalue weighted by molar-refractivity contribution is 0.0986. The van der Waals surface area contributed by atoms with E-state index < -0.39 is 0 Å². The molecule has 0 saturated heterocycles. The topological polar surface area (TPSA) is 103 Å².